The van der Waals surface area contributed by atoms with Gasteiger partial charge < -0.3 is 42.1 Å². The summed E-state index contributed by atoms with van der Waals surface area (Å²) in [6.45, 7) is 0.0668. The van der Waals surface area contributed by atoms with Crippen molar-refractivity contribution >= 4 is 16.8 Å². The molecule has 0 aromatic heterocycles. The zero-order chi connectivity index (χ0) is 8.15. The highest BCUT2D eigenvalue weighted by molar-refractivity contribution is 7.61. The van der Waals surface area contributed by atoms with E-state index in [9.17, 15) is 19.6 Å². The zero-order valence-electron chi connectivity index (χ0n) is 5.10. The Balaban J connectivity index is 3.73. The van der Waals surface area contributed by atoms with E-state index in [1.165, 1.54) is 0 Å². The van der Waals surface area contributed by atoms with Gasteiger partial charge in [-0.15, -0.1) is 0 Å². The Morgan fingerprint density at radius 2 is 1.50 bits per heavy atom. The largest absolute Gasteiger partial charge is 0.841 e. The molecule has 0 aliphatic carbocycles. The first-order valence-corrected chi connectivity index (χ1v) is 5.06. The summed E-state index contributed by atoms with van der Waals surface area (Å²) >= 11 is 0. The van der Waals surface area contributed by atoms with Crippen molar-refractivity contribution in [3.63, 3.8) is 0 Å². The zero-order valence-corrected chi connectivity index (χ0v) is 6.89. The summed E-state index contributed by atoms with van der Waals surface area (Å²) in [6.07, 6.45) is -0.0165. The van der Waals surface area contributed by atoms with Gasteiger partial charge in [-0.2, -0.15) is 0 Å². The third-order valence-electron chi connectivity index (χ3n) is 0.912. The maximum atomic E-state index is 10.1. The monoisotopic (exact) mass is 183 g/mol. The average molecular weight is 183 g/mol. The van der Waals surface area contributed by atoms with Gasteiger partial charge in [-0.05, 0) is 13.0 Å². The number of hydrogen-bond donors (Lipinski definition) is 1. The molecule has 10 heavy (non-hydrogen) atoms. The Morgan fingerprint density at radius 3 is 1.60 bits per heavy atom. The second-order valence-corrected chi connectivity index (χ2v) is 4.42. The summed E-state index contributed by atoms with van der Waals surface area (Å²) in [6, 6.07) is 0. The molecule has 0 amide bonds. The van der Waals surface area contributed by atoms with Crippen LogP contribution in [0.5, 0.6) is 0 Å². The molecule has 0 spiro atoms. The first-order chi connectivity index (χ1) is 4.59. The summed E-state index contributed by atoms with van der Waals surface area (Å²) in [4.78, 5) is 40.5. The Bertz CT molecular complexity index is 82.6. The van der Waals surface area contributed by atoms with Crippen LogP contribution < -0.4 is 25.3 Å². The molecule has 0 aromatic rings. The lowest BCUT2D eigenvalue weighted by atomic mass is 10.5. The minimum Gasteiger partial charge on any atom is -0.841 e. The highest BCUT2D eigenvalue weighted by atomic mass is 31.2. The molecule has 2 N–H and O–H groups in total. The standard InChI is InChI=1S/C3H7NO4P2/c4-2-1-3(9(5)6)10(7)8/h3H,1-2,4H2/q-4. The molecular weight excluding hydrogens is 176 g/mol. The predicted molar refractivity (Wildman–Crippen MR) is 31.3 cm³/mol. The van der Waals surface area contributed by atoms with Gasteiger partial charge >= 0.3 is 0 Å². The summed E-state index contributed by atoms with van der Waals surface area (Å²) in [5.74, 6) is 0. The van der Waals surface area contributed by atoms with Crippen LogP contribution in [-0.4, -0.2) is 11.9 Å². The highest BCUT2D eigenvalue weighted by Gasteiger charge is 1.97. The van der Waals surface area contributed by atoms with Gasteiger partial charge in [0.05, 0.1) is 0 Å². The lowest BCUT2D eigenvalue weighted by Gasteiger charge is -2.52. The summed E-state index contributed by atoms with van der Waals surface area (Å²) < 4.78 is 0. The maximum absolute atomic E-state index is 10.1. The fraction of sp³-hybridized carbons (Fsp3) is 1.00. The third-order valence-corrected chi connectivity index (χ3v) is 3.53. The maximum Gasteiger partial charge on any atom is -0.00695 e. The van der Waals surface area contributed by atoms with E-state index in [4.69, 9.17) is 5.73 Å². The predicted octanol–water partition coefficient (Wildman–Crippen LogP) is -3.27. The van der Waals surface area contributed by atoms with Gasteiger partial charge in [-0.25, -0.2) is 0 Å². The van der Waals surface area contributed by atoms with Crippen LogP contribution in [0.4, 0.5) is 0 Å². The van der Waals surface area contributed by atoms with Gasteiger partial charge in [0.2, 0.25) is 0 Å². The van der Waals surface area contributed by atoms with Gasteiger partial charge in [0.1, 0.15) is 0 Å². The van der Waals surface area contributed by atoms with Crippen LogP contribution in [0.25, 0.3) is 0 Å². The Kier molecular flexibility index (Phi) is 5.68. The van der Waals surface area contributed by atoms with Crippen molar-refractivity contribution in [2.24, 2.45) is 5.73 Å². The number of hydrogen-bond acceptors (Lipinski definition) is 5. The minimum atomic E-state index is -2.89. The molecule has 5 nitrogen and oxygen atoms in total. The molecule has 0 unspecified atom stereocenters. The van der Waals surface area contributed by atoms with Gasteiger partial charge in [0, 0.05) is 0 Å². The van der Waals surface area contributed by atoms with E-state index in [-0.39, 0.29) is 13.0 Å². The second-order valence-electron chi connectivity index (χ2n) is 1.63. The van der Waals surface area contributed by atoms with Crippen LogP contribution in [0.3, 0.4) is 0 Å². The Labute approximate surface area is 61.3 Å². The van der Waals surface area contributed by atoms with Crippen molar-refractivity contribution in [3.8, 4) is 0 Å². The van der Waals surface area contributed by atoms with Crippen molar-refractivity contribution in [2.75, 3.05) is 6.54 Å². The number of rotatable bonds is 4. The van der Waals surface area contributed by atoms with Crippen molar-refractivity contribution in [1.29, 1.82) is 0 Å². The van der Waals surface area contributed by atoms with Gasteiger partial charge in [0.15, 0.2) is 0 Å². The highest BCUT2D eigenvalue weighted by Crippen LogP contribution is 2.40. The molecule has 0 atom stereocenters. The van der Waals surface area contributed by atoms with E-state index in [1.54, 1.807) is 0 Å². The van der Waals surface area contributed by atoms with Crippen LogP contribution in [0, 0.1) is 0 Å². The van der Waals surface area contributed by atoms with Crippen molar-refractivity contribution < 1.29 is 19.6 Å². The molecule has 0 aliphatic rings. The van der Waals surface area contributed by atoms with Crippen LogP contribution >= 0.6 is 16.8 Å². The van der Waals surface area contributed by atoms with Gasteiger partial charge in [-0.1, -0.05) is 5.40 Å². The van der Waals surface area contributed by atoms with E-state index in [2.05, 4.69) is 0 Å². The molecule has 0 radical (unpaired) electrons. The molecule has 0 bridgehead atoms. The van der Waals surface area contributed by atoms with Gasteiger partial charge in [0.25, 0.3) is 0 Å². The van der Waals surface area contributed by atoms with E-state index in [1.807, 2.05) is 0 Å². The second kappa shape index (κ2) is 5.33. The van der Waals surface area contributed by atoms with Crippen LogP contribution in [0.1, 0.15) is 6.42 Å². The lowest BCUT2D eigenvalue weighted by molar-refractivity contribution is -0.307. The third kappa shape index (κ3) is 3.74. The Morgan fingerprint density at radius 1 is 1.10 bits per heavy atom. The quantitative estimate of drug-likeness (QED) is 0.458. The van der Waals surface area contributed by atoms with Crippen LogP contribution in [0.15, 0.2) is 0 Å². The topological polar surface area (TPSA) is 118 Å². The van der Waals surface area contributed by atoms with E-state index < -0.39 is 22.2 Å². The average Bonchev–Trinajstić information content (AvgIpc) is 1.81. The Hall–Kier alpha value is 0.660. The SMILES string of the molecule is NCCC(P([O-])[O-])P([O-])[O-]. The summed E-state index contributed by atoms with van der Waals surface area (Å²) in [7, 11) is -5.77. The van der Waals surface area contributed by atoms with Crippen molar-refractivity contribution in [1.82, 2.24) is 0 Å². The molecule has 62 valence electrons. The molecule has 0 aromatic carbocycles. The van der Waals surface area contributed by atoms with Crippen LogP contribution in [-0.2, 0) is 0 Å². The fourth-order valence-electron chi connectivity index (χ4n) is 0.437. The van der Waals surface area contributed by atoms with E-state index in [0.29, 0.717) is 0 Å². The smallest absolute Gasteiger partial charge is 0.00695 e. The summed E-state index contributed by atoms with van der Waals surface area (Å²) in [5.41, 5.74) is 4.97. The molecule has 0 heterocycles. The molecule has 0 aliphatic heterocycles. The van der Waals surface area contributed by atoms with E-state index >= 15 is 0 Å². The first-order valence-electron chi connectivity index (χ1n) is 2.56. The van der Waals surface area contributed by atoms with Crippen molar-refractivity contribution in [3.05, 3.63) is 0 Å². The van der Waals surface area contributed by atoms with Crippen LogP contribution in [0.2, 0.25) is 0 Å². The van der Waals surface area contributed by atoms with Crippen molar-refractivity contribution in [2.45, 2.75) is 11.8 Å². The molecule has 0 saturated carbocycles. The number of nitrogens with two attached hydrogens (primary N) is 1. The van der Waals surface area contributed by atoms with Gasteiger partial charge in [-0.3, -0.25) is 0 Å². The molecule has 0 fully saturated rings. The fourth-order valence-corrected chi connectivity index (χ4v) is 1.77. The molecule has 0 rings (SSSR count). The van der Waals surface area contributed by atoms with E-state index in [0.717, 1.165) is 0 Å². The molecule has 0 saturated heterocycles. The lowest BCUT2D eigenvalue weighted by Crippen LogP contribution is -2.29. The normalized spacial score (nSPS) is 12.0. The molecular formula is C3H7NO4P2-4. The molecule has 7 heteroatoms. The minimum absolute atomic E-state index is 0.0165. The summed E-state index contributed by atoms with van der Waals surface area (Å²) in [5, 5.41) is -1.28. The first kappa shape index (κ1) is 10.7.